The van der Waals surface area contributed by atoms with E-state index in [1.165, 1.54) is 16.9 Å². The predicted molar refractivity (Wildman–Crippen MR) is 103 cm³/mol. The molecule has 0 aliphatic carbocycles. The van der Waals surface area contributed by atoms with Crippen molar-refractivity contribution in [3.63, 3.8) is 0 Å². The van der Waals surface area contributed by atoms with Crippen LogP contribution in [-0.4, -0.2) is 35.4 Å². The van der Waals surface area contributed by atoms with Gasteiger partial charge in [-0.1, -0.05) is 36.4 Å². The maximum atomic E-state index is 12.9. The fourth-order valence-electron chi connectivity index (χ4n) is 3.40. The van der Waals surface area contributed by atoms with Gasteiger partial charge >= 0.3 is 0 Å². The topological polar surface area (TPSA) is 59.2 Å². The van der Waals surface area contributed by atoms with Gasteiger partial charge in [0.15, 0.2) is 0 Å². The van der Waals surface area contributed by atoms with Gasteiger partial charge in [-0.05, 0) is 29.5 Å². The number of thiophene rings is 1. The zero-order valence-corrected chi connectivity index (χ0v) is 15.3. The minimum absolute atomic E-state index is 0.0101. The molecule has 4 nitrogen and oxygen atoms in total. The van der Waals surface area contributed by atoms with Gasteiger partial charge in [0.05, 0.1) is 4.88 Å². The molecule has 1 aliphatic heterocycles. The van der Waals surface area contributed by atoms with Crippen molar-refractivity contribution in [2.45, 2.75) is 5.92 Å². The Labute approximate surface area is 154 Å². The molecule has 3 aromatic rings. The van der Waals surface area contributed by atoms with Gasteiger partial charge in [-0.3, -0.25) is 4.79 Å². The second kappa shape index (κ2) is 7.07. The third-order valence-corrected chi connectivity index (χ3v) is 6.60. The summed E-state index contributed by atoms with van der Waals surface area (Å²) in [4.78, 5) is 20.5. The molecule has 2 atom stereocenters. The lowest BCUT2D eigenvalue weighted by molar-refractivity contribution is 0.0781. The highest BCUT2D eigenvalue weighted by molar-refractivity contribution is 7.20. The number of hydrogen-bond acceptors (Lipinski definition) is 5. The molecule has 3 heterocycles. The molecular weight excluding hydrogens is 350 g/mol. The summed E-state index contributed by atoms with van der Waals surface area (Å²) in [6.07, 6.45) is 0. The Bertz CT molecular complexity index is 845. The average molecular weight is 370 g/mol. The predicted octanol–water partition coefficient (Wildman–Crippen LogP) is 3.69. The second-order valence-electron chi connectivity index (χ2n) is 6.24. The molecular formula is C19H19N3OS2. The molecule has 6 heteroatoms. The Kier molecular flexibility index (Phi) is 4.65. The van der Waals surface area contributed by atoms with Crippen LogP contribution in [0.5, 0.6) is 0 Å². The zero-order valence-electron chi connectivity index (χ0n) is 13.7. The van der Waals surface area contributed by atoms with Crippen LogP contribution in [0, 0.1) is 5.92 Å². The second-order valence-corrected chi connectivity index (χ2v) is 8.04. The Balaban J connectivity index is 1.53. The van der Waals surface area contributed by atoms with Crippen LogP contribution in [0.25, 0.3) is 9.88 Å². The highest BCUT2D eigenvalue weighted by atomic mass is 32.1. The van der Waals surface area contributed by atoms with Gasteiger partial charge in [0.1, 0.15) is 10.7 Å². The number of nitrogens with two attached hydrogens (primary N) is 1. The number of amides is 1. The summed E-state index contributed by atoms with van der Waals surface area (Å²) < 4.78 is 0. The van der Waals surface area contributed by atoms with Crippen molar-refractivity contribution in [2.24, 2.45) is 11.7 Å². The minimum atomic E-state index is 0.0101. The van der Waals surface area contributed by atoms with Gasteiger partial charge < -0.3 is 10.6 Å². The standard InChI is InChI=1S/C19H19N3OS2/c20-9-14-10-22(11-15(14)13-5-2-1-3-6-13)19(23)16-12-25-18(21-16)17-7-4-8-24-17/h1-8,12,14-15H,9-11,20H2/t14-,15+/m1/s1. The lowest BCUT2D eigenvalue weighted by Gasteiger charge is -2.16. The van der Waals surface area contributed by atoms with E-state index < -0.39 is 0 Å². The molecule has 128 valence electrons. The van der Waals surface area contributed by atoms with Gasteiger partial charge in [0.2, 0.25) is 0 Å². The van der Waals surface area contributed by atoms with Gasteiger partial charge in [0.25, 0.3) is 5.91 Å². The van der Waals surface area contributed by atoms with Crippen LogP contribution in [0.2, 0.25) is 0 Å². The third-order valence-electron chi connectivity index (χ3n) is 4.71. The van der Waals surface area contributed by atoms with Crippen molar-refractivity contribution in [1.29, 1.82) is 0 Å². The maximum Gasteiger partial charge on any atom is 0.273 e. The summed E-state index contributed by atoms with van der Waals surface area (Å²) in [6, 6.07) is 14.4. The average Bonchev–Trinajstić information content (AvgIpc) is 3.41. The van der Waals surface area contributed by atoms with Crippen molar-refractivity contribution >= 4 is 28.6 Å². The van der Waals surface area contributed by atoms with Crippen molar-refractivity contribution in [2.75, 3.05) is 19.6 Å². The molecule has 1 aromatic carbocycles. The lowest BCUT2D eigenvalue weighted by Crippen LogP contribution is -2.30. The number of likely N-dealkylation sites (tertiary alicyclic amines) is 1. The van der Waals surface area contributed by atoms with Crippen LogP contribution < -0.4 is 5.73 Å². The fraction of sp³-hybridized carbons (Fsp3) is 0.263. The van der Waals surface area contributed by atoms with E-state index in [0.29, 0.717) is 37.2 Å². The molecule has 1 aliphatic rings. The highest BCUT2D eigenvalue weighted by Gasteiger charge is 2.36. The fourth-order valence-corrected chi connectivity index (χ4v) is 5.01. The van der Waals surface area contributed by atoms with Crippen LogP contribution in [0.3, 0.4) is 0 Å². The van der Waals surface area contributed by atoms with E-state index in [1.54, 1.807) is 11.3 Å². The first-order chi connectivity index (χ1) is 12.3. The maximum absolute atomic E-state index is 12.9. The molecule has 1 amide bonds. The highest BCUT2D eigenvalue weighted by Crippen LogP contribution is 2.34. The van der Waals surface area contributed by atoms with Crippen LogP contribution in [0.15, 0.2) is 53.2 Å². The molecule has 0 unspecified atom stereocenters. The van der Waals surface area contributed by atoms with E-state index >= 15 is 0 Å². The molecule has 0 spiro atoms. The molecule has 1 saturated heterocycles. The minimum Gasteiger partial charge on any atom is -0.336 e. The van der Waals surface area contributed by atoms with Gasteiger partial charge in [0, 0.05) is 24.4 Å². The van der Waals surface area contributed by atoms with Crippen molar-refractivity contribution < 1.29 is 4.79 Å². The van der Waals surface area contributed by atoms with E-state index in [9.17, 15) is 4.79 Å². The molecule has 2 N–H and O–H groups in total. The van der Waals surface area contributed by atoms with E-state index in [1.807, 2.05) is 46.0 Å². The smallest absolute Gasteiger partial charge is 0.273 e. The largest absolute Gasteiger partial charge is 0.336 e. The molecule has 0 bridgehead atoms. The number of carbonyl (C=O) groups excluding carboxylic acids is 1. The Morgan fingerprint density at radius 2 is 2.00 bits per heavy atom. The Morgan fingerprint density at radius 1 is 1.16 bits per heavy atom. The zero-order chi connectivity index (χ0) is 17.2. The number of carbonyl (C=O) groups is 1. The number of rotatable bonds is 4. The van der Waals surface area contributed by atoms with Gasteiger partial charge in [-0.2, -0.15) is 0 Å². The monoisotopic (exact) mass is 369 g/mol. The molecule has 2 aromatic heterocycles. The summed E-state index contributed by atoms with van der Waals surface area (Å²) in [5.41, 5.74) is 7.78. The summed E-state index contributed by atoms with van der Waals surface area (Å²) in [6.45, 7) is 1.98. The van der Waals surface area contributed by atoms with Crippen LogP contribution >= 0.6 is 22.7 Å². The number of hydrogen-bond donors (Lipinski definition) is 1. The normalized spacial score (nSPS) is 20.1. The Hall–Kier alpha value is -2.02. The first kappa shape index (κ1) is 16.4. The number of thiazole rings is 1. The molecule has 25 heavy (non-hydrogen) atoms. The molecule has 0 radical (unpaired) electrons. The first-order valence-corrected chi connectivity index (χ1v) is 10.1. The molecule has 4 rings (SSSR count). The number of benzene rings is 1. The number of aromatic nitrogens is 1. The summed E-state index contributed by atoms with van der Waals surface area (Å²) in [5, 5.41) is 4.80. The summed E-state index contributed by atoms with van der Waals surface area (Å²) in [5.74, 6) is 0.600. The SMILES string of the molecule is NC[C@@H]1CN(C(=O)c2csc(-c3cccs3)n2)C[C@H]1c1ccccc1. The summed E-state index contributed by atoms with van der Waals surface area (Å²) in [7, 11) is 0. The Morgan fingerprint density at radius 3 is 2.72 bits per heavy atom. The summed E-state index contributed by atoms with van der Waals surface area (Å²) >= 11 is 3.17. The van der Waals surface area contributed by atoms with E-state index in [4.69, 9.17) is 5.73 Å². The van der Waals surface area contributed by atoms with E-state index in [0.717, 1.165) is 9.88 Å². The molecule has 0 saturated carbocycles. The third kappa shape index (κ3) is 3.25. The van der Waals surface area contributed by atoms with E-state index in [-0.39, 0.29) is 5.91 Å². The van der Waals surface area contributed by atoms with Crippen LogP contribution in [-0.2, 0) is 0 Å². The van der Waals surface area contributed by atoms with Gasteiger partial charge in [-0.25, -0.2) is 4.98 Å². The van der Waals surface area contributed by atoms with Crippen LogP contribution in [0.4, 0.5) is 0 Å². The van der Waals surface area contributed by atoms with E-state index in [2.05, 4.69) is 17.1 Å². The van der Waals surface area contributed by atoms with Gasteiger partial charge in [-0.15, -0.1) is 22.7 Å². The van der Waals surface area contributed by atoms with Crippen molar-refractivity contribution in [1.82, 2.24) is 9.88 Å². The molecule has 1 fully saturated rings. The first-order valence-electron chi connectivity index (χ1n) is 8.30. The number of nitrogens with zero attached hydrogens (tertiary/aromatic N) is 2. The lowest BCUT2D eigenvalue weighted by atomic mass is 9.89. The van der Waals surface area contributed by atoms with Crippen molar-refractivity contribution in [3.8, 4) is 9.88 Å². The van der Waals surface area contributed by atoms with Crippen LogP contribution in [0.1, 0.15) is 22.0 Å². The quantitative estimate of drug-likeness (QED) is 0.763. The van der Waals surface area contributed by atoms with Crippen molar-refractivity contribution in [3.05, 3.63) is 64.5 Å².